The Balaban J connectivity index is 1.57. The topological polar surface area (TPSA) is 69.7 Å². The molecule has 0 aromatic heterocycles. The van der Waals surface area contributed by atoms with Crippen LogP contribution < -0.4 is 9.62 Å². The third-order valence-electron chi connectivity index (χ3n) is 6.01. The summed E-state index contributed by atoms with van der Waals surface area (Å²) < 4.78 is 28.9. The minimum absolute atomic E-state index is 0.000926. The SMILES string of the molecule is CC(=O)N1CCCc2cc(S(=O)(=O)N[C@H]3CCCN4CCC[C@@H]34)ccc21. The van der Waals surface area contributed by atoms with E-state index in [0.29, 0.717) is 17.5 Å². The van der Waals surface area contributed by atoms with Crippen molar-refractivity contribution in [2.45, 2.75) is 62.4 Å². The maximum atomic E-state index is 13.0. The first-order valence-corrected chi connectivity index (χ1v) is 11.1. The Morgan fingerprint density at radius 3 is 2.65 bits per heavy atom. The molecule has 2 atom stereocenters. The second-order valence-corrected chi connectivity index (χ2v) is 9.39. The van der Waals surface area contributed by atoms with Crippen LogP contribution in [0.15, 0.2) is 23.1 Å². The second kappa shape index (κ2) is 6.94. The molecule has 1 amide bonds. The number of rotatable bonds is 3. The smallest absolute Gasteiger partial charge is 0.240 e. The number of sulfonamides is 1. The zero-order valence-electron chi connectivity index (χ0n) is 15.3. The number of hydrogen-bond donors (Lipinski definition) is 1. The highest BCUT2D eigenvalue weighted by molar-refractivity contribution is 7.89. The number of amides is 1. The molecule has 3 heterocycles. The summed E-state index contributed by atoms with van der Waals surface area (Å²) in [6.07, 6.45) is 5.85. The van der Waals surface area contributed by atoms with Gasteiger partial charge in [0.25, 0.3) is 0 Å². The van der Waals surface area contributed by atoms with Gasteiger partial charge in [-0.1, -0.05) is 0 Å². The molecule has 0 spiro atoms. The van der Waals surface area contributed by atoms with Gasteiger partial charge in [-0.05, 0) is 75.4 Å². The van der Waals surface area contributed by atoms with Gasteiger partial charge in [0, 0.05) is 31.2 Å². The van der Waals surface area contributed by atoms with Gasteiger partial charge in [0.05, 0.1) is 4.90 Å². The molecular formula is C19H27N3O3S. The number of fused-ring (bicyclic) bond motifs is 2. The van der Waals surface area contributed by atoms with E-state index < -0.39 is 10.0 Å². The van der Waals surface area contributed by atoms with Crippen LogP contribution in [0.4, 0.5) is 5.69 Å². The summed E-state index contributed by atoms with van der Waals surface area (Å²) >= 11 is 0. The van der Waals surface area contributed by atoms with E-state index in [1.54, 1.807) is 30.0 Å². The quantitative estimate of drug-likeness (QED) is 0.873. The van der Waals surface area contributed by atoms with Gasteiger partial charge in [-0.15, -0.1) is 0 Å². The highest BCUT2D eigenvalue weighted by Crippen LogP contribution is 2.31. The zero-order chi connectivity index (χ0) is 18.3. The predicted molar refractivity (Wildman–Crippen MR) is 101 cm³/mol. The van der Waals surface area contributed by atoms with Crippen molar-refractivity contribution in [3.8, 4) is 0 Å². The summed E-state index contributed by atoms with van der Waals surface area (Å²) in [6.45, 7) is 4.43. The van der Waals surface area contributed by atoms with E-state index in [0.717, 1.165) is 62.9 Å². The van der Waals surface area contributed by atoms with Gasteiger partial charge in [-0.3, -0.25) is 9.69 Å². The minimum Gasteiger partial charge on any atom is -0.312 e. The Morgan fingerprint density at radius 1 is 1.12 bits per heavy atom. The van der Waals surface area contributed by atoms with Crippen LogP contribution in [0.25, 0.3) is 0 Å². The first-order valence-electron chi connectivity index (χ1n) is 9.63. The van der Waals surface area contributed by atoms with Gasteiger partial charge in [0.1, 0.15) is 0 Å². The number of aryl methyl sites for hydroxylation is 1. The first kappa shape index (κ1) is 17.9. The van der Waals surface area contributed by atoms with Crippen LogP contribution in [-0.2, 0) is 21.2 Å². The number of benzene rings is 1. The van der Waals surface area contributed by atoms with Gasteiger partial charge in [-0.2, -0.15) is 0 Å². The normalized spacial score (nSPS) is 26.4. The van der Waals surface area contributed by atoms with Crippen molar-refractivity contribution in [1.29, 1.82) is 0 Å². The highest BCUT2D eigenvalue weighted by atomic mass is 32.2. The van der Waals surface area contributed by atoms with E-state index in [1.165, 1.54) is 0 Å². The molecule has 1 aromatic carbocycles. The molecule has 3 aliphatic rings. The molecule has 3 aliphatic heterocycles. The lowest BCUT2D eigenvalue weighted by molar-refractivity contribution is -0.116. The molecule has 7 heteroatoms. The number of nitrogens with one attached hydrogen (secondary N) is 1. The minimum atomic E-state index is -3.55. The molecule has 0 saturated carbocycles. The van der Waals surface area contributed by atoms with Gasteiger partial charge in [-0.25, -0.2) is 13.1 Å². The Kier molecular flexibility index (Phi) is 4.79. The Bertz CT molecular complexity index is 808. The number of carbonyl (C=O) groups is 1. The first-order chi connectivity index (χ1) is 12.5. The van der Waals surface area contributed by atoms with Gasteiger partial charge in [0.2, 0.25) is 15.9 Å². The van der Waals surface area contributed by atoms with Gasteiger partial charge in [0.15, 0.2) is 0 Å². The zero-order valence-corrected chi connectivity index (χ0v) is 16.1. The molecule has 0 radical (unpaired) electrons. The maximum absolute atomic E-state index is 13.0. The van der Waals surface area contributed by atoms with Crippen molar-refractivity contribution in [1.82, 2.24) is 9.62 Å². The van der Waals surface area contributed by atoms with Crippen LogP contribution in [0.5, 0.6) is 0 Å². The van der Waals surface area contributed by atoms with E-state index in [-0.39, 0.29) is 11.9 Å². The Hall–Kier alpha value is -1.44. The summed E-state index contributed by atoms with van der Waals surface area (Å²) in [5.41, 5.74) is 1.79. The molecule has 1 N–H and O–H groups in total. The lowest BCUT2D eigenvalue weighted by Crippen LogP contribution is -2.52. The van der Waals surface area contributed by atoms with Crippen molar-refractivity contribution in [3.63, 3.8) is 0 Å². The average Bonchev–Trinajstić information content (AvgIpc) is 3.10. The lowest BCUT2D eigenvalue weighted by Gasteiger charge is -2.36. The number of hydrogen-bond acceptors (Lipinski definition) is 4. The number of anilines is 1. The predicted octanol–water partition coefficient (Wildman–Crippen LogP) is 1.89. The molecule has 0 bridgehead atoms. The van der Waals surface area contributed by atoms with Crippen molar-refractivity contribution >= 4 is 21.6 Å². The summed E-state index contributed by atoms with van der Waals surface area (Å²) in [5, 5.41) is 0. The molecule has 2 fully saturated rings. The summed E-state index contributed by atoms with van der Waals surface area (Å²) in [6, 6.07) is 5.51. The van der Waals surface area contributed by atoms with Crippen LogP contribution in [0, 0.1) is 0 Å². The van der Waals surface area contributed by atoms with E-state index in [2.05, 4.69) is 9.62 Å². The van der Waals surface area contributed by atoms with E-state index in [4.69, 9.17) is 0 Å². The van der Waals surface area contributed by atoms with Crippen molar-refractivity contribution < 1.29 is 13.2 Å². The van der Waals surface area contributed by atoms with Crippen molar-refractivity contribution in [3.05, 3.63) is 23.8 Å². The Labute approximate surface area is 155 Å². The summed E-state index contributed by atoms with van der Waals surface area (Å²) in [5.74, 6) is 0.00297. The fraction of sp³-hybridized carbons (Fsp3) is 0.632. The number of carbonyl (C=O) groups excluding carboxylic acids is 1. The molecule has 6 nitrogen and oxygen atoms in total. The molecule has 0 unspecified atom stereocenters. The van der Waals surface area contributed by atoms with Crippen LogP contribution in [0.3, 0.4) is 0 Å². The lowest BCUT2D eigenvalue weighted by atomic mass is 9.97. The maximum Gasteiger partial charge on any atom is 0.240 e. The molecular weight excluding hydrogens is 350 g/mol. The monoisotopic (exact) mass is 377 g/mol. The standard InChI is InChI=1S/C19H27N3O3S/c1-14(23)22-12-2-5-15-13-16(8-9-18(15)22)26(24,25)20-17-6-3-10-21-11-4-7-19(17)21/h8-9,13,17,19-20H,2-7,10-12H2,1H3/t17-,19-/m0/s1. The van der Waals surface area contributed by atoms with E-state index in [9.17, 15) is 13.2 Å². The highest BCUT2D eigenvalue weighted by Gasteiger charge is 2.37. The van der Waals surface area contributed by atoms with Gasteiger partial charge < -0.3 is 4.90 Å². The summed E-state index contributed by atoms with van der Waals surface area (Å²) in [4.78, 5) is 16.3. The third kappa shape index (κ3) is 3.28. The molecule has 142 valence electrons. The van der Waals surface area contributed by atoms with Crippen LogP contribution in [-0.4, -0.2) is 50.9 Å². The largest absolute Gasteiger partial charge is 0.312 e. The van der Waals surface area contributed by atoms with Gasteiger partial charge >= 0.3 is 0 Å². The van der Waals surface area contributed by atoms with Crippen molar-refractivity contribution in [2.24, 2.45) is 0 Å². The van der Waals surface area contributed by atoms with Crippen LogP contribution >= 0.6 is 0 Å². The number of nitrogens with zero attached hydrogens (tertiary/aromatic N) is 2. The molecule has 26 heavy (non-hydrogen) atoms. The molecule has 2 saturated heterocycles. The van der Waals surface area contributed by atoms with Crippen LogP contribution in [0.1, 0.15) is 44.6 Å². The Morgan fingerprint density at radius 2 is 1.88 bits per heavy atom. The summed E-state index contributed by atoms with van der Waals surface area (Å²) in [7, 11) is -3.55. The third-order valence-corrected chi connectivity index (χ3v) is 7.49. The van der Waals surface area contributed by atoms with Crippen molar-refractivity contribution in [2.75, 3.05) is 24.5 Å². The number of piperidine rings is 1. The molecule has 1 aromatic rings. The fourth-order valence-electron chi connectivity index (χ4n) is 4.76. The fourth-order valence-corrected chi connectivity index (χ4v) is 6.12. The van der Waals surface area contributed by atoms with E-state index in [1.807, 2.05) is 0 Å². The van der Waals surface area contributed by atoms with E-state index >= 15 is 0 Å². The molecule has 0 aliphatic carbocycles. The molecule has 4 rings (SSSR count). The average molecular weight is 378 g/mol. The van der Waals surface area contributed by atoms with Crippen LogP contribution in [0.2, 0.25) is 0 Å². The second-order valence-electron chi connectivity index (χ2n) is 7.68.